The average Bonchev–Trinajstić information content (AvgIpc) is 2.81. The highest BCUT2D eigenvalue weighted by Gasteiger charge is 2.17. The van der Waals surface area contributed by atoms with Crippen molar-refractivity contribution in [3.8, 4) is 5.88 Å². The van der Waals surface area contributed by atoms with E-state index in [1.165, 1.54) is 0 Å². The van der Waals surface area contributed by atoms with Gasteiger partial charge < -0.3 is 9.64 Å². The first-order valence-electron chi connectivity index (χ1n) is 5.18. The Hall–Kier alpha value is -1.58. The first-order chi connectivity index (χ1) is 7.36. The summed E-state index contributed by atoms with van der Waals surface area (Å²) in [6, 6.07) is 5.40. The highest BCUT2D eigenvalue weighted by molar-refractivity contribution is 5.77. The Kier molecular flexibility index (Phi) is 3.17. The summed E-state index contributed by atoms with van der Waals surface area (Å²) in [6.07, 6.45) is 3.86. The lowest BCUT2D eigenvalue weighted by atomic mass is 10.4. The molecule has 0 aliphatic carbocycles. The van der Waals surface area contributed by atoms with Crippen LogP contribution in [0.4, 0.5) is 0 Å². The average molecular weight is 206 g/mol. The van der Waals surface area contributed by atoms with Crippen LogP contribution in [0.3, 0.4) is 0 Å². The van der Waals surface area contributed by atoms with Gasteiger partial charge in [0, 0.05) is 25.4 Å². The van der Waals surface area contributed by atoms with Crippen LogP contribution in [0.15, 0.2) is 24.4 Å². The Morgan fingerprint density at radius 3 is 2.87 bits per heavy atom. The predicted molar refractivity (Wildman–Crippen MR) is 55.5 cm³/mol. The van der Waals surface area contributed by atoms with Crippen LogP contribution in [0, 0.1) is 0 Å². The molecule has 0 aromatic carbocycles. The number of hydrogen-bond acceptors (Lipinski definition) is 3. The number of pyridine rings is 1. The predicted octanol–water partition coefficient (Wildman–Crippen LogP) is 1.08. The third-order valence-electron chi connectivity index (χ3n) is 2.44. The van der Waals surface area contributed by atoms with Crippen molar-refractivity contribution in [2.75, 3.05) is 19.7 Å². The molecule has 80 valence electrons. The lowest BCUT2D eigenvalue weighted by Gasteiger charge is -2.14. The number of rotatable bonds is 3. The number of nitrogens with zero attached hydrogens (tertiary/aromatic N) is 2. The Labute approximate surface area is 88.9 Å². The topological polar surface area (TPSA) is 42.4 Å². The maximum atomic E-state index is 11.6. The fraction of sp³-hybridized carbons (Fsp3) is 0.455. The molecule has 15 heavy (non-hydrogen) atoms. The zero-order valence-corrected chi connectivity index (χ0v) is 8.56. The number of carbonyl (C=O) groups excluding carboxylic acids is 1. The molecule has 1 aliphatic rings. The molecule has 1 aliphatic heterocycles. The third kappa shape index (κ3) is 2.68. The molecule has 2 rings (SSSR count). The van der Waals surface area contributed by atoms with E-state index in [1.54, 1.807) is 12.3 Å². The smallest absolute Gasteiger partial charge is 0.260 e. The van der Waals surface area contributed by atoms with Crippen LogP contribution in [0.1, 0.15) is 12.8 Å². The van der Waals surface area contributed by atoms with Gasteiger partial charge in [0.05, 0.1) is 0 Å². The van der Waals surface area contributed by atoms with Crippen molar-refractivity contribution < 1.29 is 9.53 Å². The Morgan fingerprint density at radius 2 is 2.20 bits per heavy atom. The molecule has 0 radical (unpaired) electrons. The zero-order valence-electron chi connectivity index (χ0n) is 8.56. The normalized spacial score (nSPS) is 15.3. The van der Waals surface area contributed by atoms with Gasteiger partial charge in [0.15, 0.2) is 6.61 Å². The summed E-state index contributed by atoms with van der Waals surface area (Å²) in [7, 11) is 0. The maximum absolute atomic E-state index is 11.6. The molecule has 1 aromatic heterocycles. The van der Waals surface area contributed by atoms with Crippen molar-refractivity contribution in [1.82, 2.24) is 9.88 Å². The van der Waals surface area contributed by atoms with Gasteiger partial charge >= 0.3 is 0 Å². The van der Waals surface area contributed by atoms with E-state index in [9.17, 15) is 4.79 Å². The monoisotopic (exact) mass is 206 g/mol. The van der Waals surface area contributed by atoms with Gasteiger partial charge in [-0.15, -0.1) is 0 Å². The van der Waals surface area contributed by atoms with Gasteiger partial charge in [-0.3, -0.25) is 4.79 Å². The summed E-state index contributed by atoms with van der Waals surface area (Å²) in [6.45, 7) is 1.83. The van der Waals surface area contributed by atoms with E-state index >= 15 is 0 Å². The van der Waals surface area contributed by atoms with E-state index in [0.29, 0.717) is 5.88 Å². The fourth-order valence-corrected chi connectivity index (χ4v) is 1.63. The minimum absolute atomic E-state index is 0.0538. The first-order valence-corrected chi connectivity index (χ1v) is 5.18. The molecule has 4 heteroatoms. The van der Waals surface area contributed by atoms with Crippen LogP contribution in [0.5, 0.6) is 5.88 Å². The second-order valence-electron chi connectivity index (χ2n) is 3.54. The molecular formula is C11H14N2O2. The van der Waals surface area contributed by atoms with E-state index < -0.39 is 0 Å². The van der Waals surface area contributed by atoms with Gasteiger partial charge in [0.1, 0.15) is 0 Å². The van der Waals surface area contributed by atoms with Crippen molar-refractivity contribution in [3.05, 3.63) is 24.4 Å². The molecule has 1 fully saturated rings. The molecule has 0 N–H and O–H groups in total. The highest BCUT2D eigenvalue weighted by atomic mass is 16.5. The van der Waals surface area contributed by atoms with Crippen molar-refractivity contribution in [3.63, 3.8) is 0 Å². The number of ether oxygens (including phenoxy) is 1. The van der Waals surface area contributed by atoms with E-state index in [4.69, 9.17) is 4.74 Å². The summed E-state index contributed by atoms with van der Waals surface area (Å²) in [5.74, 6) is 0.559. The molecule has 1 aromatic rings. The van der Waals surface area contributed by atoms with Crippen LogP contribution >= 0.6 is 0 Å². The van der Waals surface area contributed by atoms with Gasteiger partial charge in [-0.1, -0.05) is 6.07 Å². The molecule has 0 unspecified atom stereocenters. The molecule has 0 atom stereocenters. The van der Waals surface area contributed by atoms with Gasteiger partial charge in [0.25, 0.3) is 5.91 Å². The van der Waals surface area contributed by atoms with Crippen molar-refractivity contribution in [1.29, 1.82) is 0 Å². The zero-order chi connectivity index (χ0) is 10.5. The first kappa shape index (κ1) is 9.96. The molecule has 2 heterocycles. The van der Waals surface area contributed by atoms with E-state index in [0.717, 1.165) is 25.9 Å². The molecule has 1 saturated heterocycles. The van der Waals surface area contributed by atoms with Crippen molar-refractivity contribution in [2.24, 2.45) is 0 Å². The maximum Gasteiger partial charge on any atom is 0.260 e. The Bertz CT molecular complexity index is 321. The van der Waals surface area contributed by atoms with Crippen LogP contribution in [-0.4, -0.2) is 35.5 Å². The van der Waals surface area contributed by atoms with Crippen LogP contribution in [-0.2, 0) is 4.79 Å². The van der Waals surface area contributed by atoms with Crippen LogP contribution < -0.4 is 4.74 Å². The molecule has 0 bridgehead atoms. The second-order valence-corrected chi connectivity index (χ2v) is 3.54. The summed E-state index contributed by atoms with van der Waals surface area (Å²) in [5, 5.41) is 0. The lowest BCUT2D eigenvalue weighted by molar-refractivity contribution is -0.132. The summed E-state index contributed by atoms with van der Waals surface area (Å²) in [5.41, 5.74) is 0. The SMILES string of the molecule is O=C(COc1ccccn1)N1CCCC1. The molecule has 0 spiro atoms. The van der Waals surface area contributed by atoms with E-state index in [-0.39, 0.29) is 12.5 Å². The van der Waals surface area contributed by atoms with Crippen LogP contribution in [0.2, 0.25) is 0 Å². The Morgan fingerprint density at radius 1 is 1.40 bits per heavy atom. The van der Waals surface area contributed by atoms with Crippen LogP contribution in [0.25, 0.3) is 0 Å². The summed E-state index contributed by atoms with van der Waals surface area (Å²) < 4.78 is 5.28. The fourth-order valence-electron chi connectivity index (χ4n) is 1.63. The molecule has 1 amide bonds. The largest absolute Gasteiger partial charge is 0.468 e. The van der Waals surface area contributed by atoms with E-state index in [2.05, 4.69) is 4.98 Å². The van der Waals surface area contributed by atoms with Gasteiger partial charge in [-0.05, 0) is 18.9 Å². The number of likely N-dealkylation sites (tertiary alicyclic amines) is 1. The van der Waals surface area contributed by atoms with E-state index in [1.807, 2.05) is 17.0 Å². The number of carbonyl (C=O) groups is 1. The lowest BCUT2D eigenvalue weighted by Crippen LogP contribution is -2.32. The second kappa shape index (κ2) is 4.77. The van der Waals surface area contributed by atoms with Gasteiger partial charge in [0.2, 0.25) is 5.88 Å². The van der Waals surface area contributed by atoms with Gasteiger partial charge in [-0.2, -0.15) is 0 Å². The summed E-state index contributed by atoms with van der Waals surface area (Å²) in [4.78, 5) is 17.4. The Balaban J connectivity index is 1.80. The number of aromatic nitrogens is 1. The molecule has 4 nitrogen and oxygen atoms in total. The number of amides is 1. The third-order valence-corrected chi connectivity index (χ3v) is 2.44. The van der Waals surface area contributed by atoms with Crippen molar-refractivity contribution >= 4 is 5.91 Å². The summed E-state index contributed by atoms with van der Waals surface area (Å²) >= 11 is 0. The minimum atomic E-state index is 0.0538. The quantitative estimate of drug-likeness (QED) is 0.743. The standard InChI is InChI=1S/C11H14N2O2/c14-11(13-7-3-4-8-13)9-15-10-5-1-2-6-12-10/h1-2,5-6H,3-4,7-9H2. The molecular weight excluding hydrogens is 192 g/mol. The number of hydrogen-bond donors (Lipinski definition) is 0. The van der Waals surface area contributed by atoms with Gasteiger partial charge in [-0.25, -0.2) is 4.98 Å². The minimum Gasteiger partial charge on any atom is -0.468 e. The molecule has 0 saturated carbocycles. The highest BCUT2D eigenvalue weighted by Crippen LogP contribution is 2.08. The van der Waals surface area contributed by atoms with Crippen molar-refractivity contribution in [2.45, 2.75) is 12.8 Å².